The number of hydrogen-bond acceptors (Lipinski definition) is 5. The Hall–Kier alpha value is -3.14. The van der Waals surface area contributed by atoms with Gasteiger partial charge in [-0.2, -0.15) is 13.2 Å². The van der Waals surface area contributed by atoms with Gasteiger partial charge >= 0.3 is 6.18 Å². The molecule has 2 aliphatic rings. The molecule has 2 aliphatic heterocycles. The topological polar surface area (TPSA) is 77.6 Å². The number of benzene rings is 1. The van der Waals surface area contributed by atoms with E-state index in [4.69, 9.17) is 0 Å². The van der Waals surface area contributed by atoms with Gasteiger partial charge in [0, 0.05) is 64.0 Å². The summed E-state index contributed by atoms with van der Waals surface area (Å²) in [5.74, 6) is -1.71. The third kappa shape index (κ3) is 6.50. The van der Waals surface area contributed by atoms with Crippen LogP contribution in [0.4, 0.5) is 19.0 Å². The maximum atomic E-state index is 13.7. The molecule has 3 heterocycles. The van der Waals surface area contributed by atoms with E-state index in [1.165, 1.54) is 12.3 Å². The molecule has 2 N–H and O–H groups in total. The number of carbonyl (C=O) groups excluding carboxylic acids is 2. The summed E-state index contributed by atoms with van der Waals surface area (Å²) in [5, 5.41) is 5.73. The van der Waals surface area contributed by atoms with Crippen LogP contribution in [-0.4, -0.2) is 65.0 Å². The summed E-state index contributed by atoms with van der Waals surface area (Å²) in [4.78, 5) is 31.9. The molecule has 1 fully saturated rings. The van der Waals surface area contributed by atoms with Crippen LogP contribution in [0, 0.1) is 5.92 Å². The lowest BCUT2D eigenvalue weighted by molar-refractivity contribution is -0.177. The van der Waals surface area contributed by atoms with Gasteiger partial charge in [-0.25, -0.2) is 4.98 Å². The fourth-order valence-corrected chi connectivity index (χ4v) is 4.64. The van der Waals surface area contributed by atoms with E-state index in [1.807, 2.05) is 24.3 Å². The Balaban J connectivity index is 1.31. The van der Waals surface area contributed by atoms with E-state index in [0.717, 1.165) is 24.0 Å². The Morgan fingerprint density at radius 3 is 2.37 bits per heavy atom. The summed E-state index contributed by atoms with van der Waals surface area (Å²) < 4.78 is 41.2. The van der Waals surface area contributed by atoms with E-state index in [1.54, 1.807) is 22.8 Å². The Labute approximate surface area is 202 Å². The van der Waals surface area contributed by atoms with Crippen LogP contribution >= 0.6 is 0 Å². The highest BCUT2D eigenvalue weighted by Gasteiger charge is 2.41. The second-order valence-corrected chi connectivity index (χ2v) is 9.24. The number of carbonyl (C=O) groups is 2. The van der Waals surface area contributed by atoms with Gasteiger partial charge in [-0.15, -0.1) is 0 Å². The lowest BCUT2D eigenvalue weighted by atomic mass is 10.0. The van der Waals surface area contributed by atoms with E-state index >= 15 is 0 Å². The van der Waals surface area contributed by atoms with Gasteiger partial charge in [0.25, 0.3) is 5.91 Å². The van der Waals surface area contributed by atoms with E-state index in [2.05, 4.69) is 15.6 Å². The summed E-state index contributed by atoms with van der Waals surface area (Å²) in [5.41, 5.74) is 2.33. The zero-order valence-corrected chi connectivity index (χ0v) is 19.6. The first kappa shape index (κ1) is 25.0. The number of rotatable bonds is 7. The van der Waals surface area contributed by atoms with E-state index < -0.39 is 24.5 Å². The molecule has 1 atom stereocenters. The SMILES string of the molecule is CC(=O)N1CCC(Nc2cc(C(=O)NCC(CN3Cc4ccccc4C3)C(F)(F)F)ccn2)CC1. The molecular weight excluding hydrogens is 459 g/mol. The Morgan fingerprint density at radius 2 is 1.77 bits per heavy atom. The minimum Gasteiger partial charge on any atom is -0.367 e. The van der Waals surface area contributed by atoms with Crippen LogP contribution in [0.15, 0.2) is 42.6 Å². The van der Waals surface area contributed by atoms with Gasteiger partial charge in [0.1, 0.15) is 5.82 Å². The first-order chi connectivity index (χ1) is 16.7. The van der Waals surface area contributed by atoms with Gasteiger partial charge in [-0.05, 0) is 36.1 Å². The van der Waals surface area contributed by atoms with Crippen molar-refractivity contribution in [1.29, 1.82) is 0 Å². The molecule has 1 unspecified atom stereocenters. The van der Waals surface area contributed by atoms with Gasteiger partial charge in [0.2, 0.25) is 5.91 Å². The van der Waals surface area contributed by atoms with Crippen molar-refractivity contribution in [2.75, 3.05) is 31.5 Å². The third-order valence-electron chi connectivity index (χ3n) is 6.67. The van der Waals surface area contributed by atoms with Crippen molar-refractivity contribution in [3.63, 3.8) is 0 Å². The highest BCUT2D eigenvalue weighted by Crippen LogP contribution is 2.30. The van der Waals surface area contributed by atoms with Gasteiger partial charge in [0.05, 0.1) is 5.92 Å². The standard InChI is InChI=1S/C25H30F3N5O2/c1-17(34)33-10-7-22(8-11-33)31-23-12-18(6-9-29-23)24(35)30-13-21(25(26,27)28)16-32-14-19-4-2-3-5-20(19)15-32/h2-6,9,12,21-22H,7-8,10-11,13-16H2,1H3,(H,29,31)(H,30,35). The number of piperidine rings is 1. The normalized spacial score (nSPS) is 17.7. The fourth-order valence-electron chi connectivity index (χ4n) is 4.64. The quantitative estimate of drug-likeness (QED) is 0.623. The van der Waals surface area contributed by atoms with E-state index in [9.17, 15) is 22.8 Å². The molecule has 2 amide bonds. The fraction of sp³-hybridized carbons (Fsp3) is 0.480. The number of alkyl halides is 3. The van der Waals surface area contributed by atoms with Gasteiger partial charge < -0.3 is 15.5 Å². The maximum Gasteiger partial charge on any atom is 0.394 e. The molecule has 188 valence electrons. The first-order valence-corrected chi connectivity index (χ1v) is 11.8. The predicted octanol–water partition coefficient (Wildman–Crippen LogP) is 3.43. The minimum atomic E-state index is -4.43. The highest BCUT2D eigenvalue weighted by molar-refractivity contribution is 5.94. The number of anilines is 1. The Kier molecular flexibility index (Phi) is 7.59. The highest BCUT2D eigenvalue weighted by atomic mass is 19.4. The second kappa shape index (κ2) is 10.6. The molecule has 0 bridgehead atoms. The molecule has 10 heteroatoms. The van der Waals surface area contributed by atoms with Crippen molar-refractivity contribution in [3.05, 3.63) is 59.3 Å². The summed E-state index contributed by atoms with van der Waals surface area (Å²) in [6, 6.07) is 10.8. The molecule has 4 rings (SSSR count). The molecule has 2 aromatic rings. The zero-order valence-electron chi connectivity index (χ0n) is 19.6. The predicted molar refractivity (Wildman–Crippen MR) is 126 cm³/mol. The Morgan fingerprint density at radius 1 is 1.11 bits per heavy atom. The van der Waals surface area contributed by atoms with Gasteiger partial charge in [-0.1, -0.05) is 24.3 Å². The number of fused-ring (bicyclic) bond motifs is 1. The molecule has 1 saturated heterocycles. The number of nitrogens with zero attached hydrogens (tertiary/aromatic N) is 3. The third-order valence-corrected chi connectivity index (χ3v) is 6.67. The summed E-state index contributed by atoms with van der Waals surface area (Å²) in [7, 11) is 0. The molecule has 35 heavy (non-hydrogen) atoms. The minimum absolute atomic E-state index is 0.0478. The van der Waals surface area contributed by atoms with Crippen molar-refractivity contribution in [3.8, 4) is 0 Å². The van der Waals surface area contributed by atoms with Crippen molar-refractivity contribution < 1.29 is 22.8 Å². The van der Waals surface area contributed by atoms with Crippen molar-refractivity contribution in [2.24, 2.45) is 5.92 Å². The van der Waals surface area contributed by atoms with Crippen molar-refractivity contribution in [1.82, 2.24) is 20.1 Å². The molecule has 0 spiro atoms. The van der Waals surface area contributed by atoms with E-state index in [0.29, 0.717) is 32.0 Å². The molecule has 0 radical (unpaired) electrons. The summed E-state index contributed by atoms with van der Waals surface area (Å²) in [6.45, 7) is 3.11. The zero-order chi connectivity index (χ0) is 25.0. The molecule has 7 nitrogen and oxygen atoms in total. The van der Waals surface area contributed by atoms with Crippen LogP contribution in [0.5, 0.6) is 0 Å². The average molecular weight is 490 g/mol. The van der Waals surface area contributed by atoms with Crippen LogP contribution < -0.4 is 10.6 Å². The van der Waals surface area contributed by atoms with Gasteiger partial charge in [0.15, 0.2) is 0 Å². The molecular formula is C25H30F3N5O2. The lowest BCUT2D eigenvalue weighted by Gasteiger charge is -2.32. The number of nitrogens with one attached hydrogen (secondary N) is 2. The maximum absolute atomic E-state index is 13.7. The second-order valence-electron chi connectivity index (χ2n) is 9.24. The number of pyridine rings is 1. The van der Waals surface area contributed by atoms with Crippen LogP contribution in [0.1, 0.15) is 41.3 Å². The van der Waals surface area contributed by atoms with E-state index in [-0.39, 0.29) is 24.1 Å². The summed E-state index contributed by atoms with van der Waals surface area (Å²) >= 11 is 0. The number of aromatic nitrogens is 1. The van der Waals surface area contributed by atoms with Crippen molar-refractivity contribution >= 4 is 17.6 Å². The average Bonchev–Trinajstić information content (AvgIpc) is 3.24. The first-order valence-electron chi connectivity index (χ1n) is 11.8. The van der Waals surface area contributed by atoms with Crippen LogP contribution in [0.2, 0.25) is 0 Å². The number of hydrogen-bond donors (Lipinski definition) is 2. The summed E-state index contributed by atoms with van der Waals surface area (Å²) in [6.07, 6.45) is -1.46. The smallest absolute Gasteiger partial charge is 0.367 e. The van der Waals surface area contributed by atoms with Crippen LogP contribution in [-0.2, 0) is 17.9 Å². The Bertz CT molecular complexity index is 1030. The molecule has 0 aliphatic carbocycles. The lowest BCUT2D eigenvalue weighted by Crippen LogP contribution is -2.42. The van der Waals surface area contributed by atoms with Gasteiger partial charge in [-0.3, -0.25) is 14.5 Å². The molecule has 0 saturated carbocycles. The van der Waals surface area contributed by atoms with Crippen LogP contribution in [0.25, 0.3) is 0 Å². The van der Waals surface area contributed by atoms with Crippen molar-refractivity contribution in [2.45, 2.75) is 45.1 Å². The molecule has 1 aromatic carbocycles. The number of likely N-dealkylation sites (tertiary alicyclic amines) is 1. The number of amides is 2. The monoisotopic (exact) mass is 489 g/mol. The molecule has 1 aromatic heterocycles. The van der Waals surface area contributed by atoms with Crippen LogP contribution in [0.3, 0.4) is 0 Å². The number of halogens is 3. The largest absolute Gasteiger partial charge is 0.394 e.